The maximum absolute atomic E-state index is 11.8. The van der Waals surface area contributed by atoms with Gasteiger partial charge in [0.1, 0.15) is 6.61 Å². The minimum atomic E-state index is -0.117. The fourth-order valence-electron chi connectivity index (χ4n) is 3.36. The quantitative estimate of drug-likeness (QED) is 0.788. The van der Waals surface area contributed by atoms with E-state index in [0.717, 1.165) is 38.0 Å². The summed E-state index contributed by atoms with van der Waals surface area (Å²) in [4.78, 5) is 14.2. The van der Waals surface area contributed by atoms with Gasteiger partial charge in [0.15, 0.2) is 0 Å². The molecular formula is C17H20N2O2. The highest BCUT2D eigenvalue weighted by Crippen LogP contribution is 2.28. The van der Waals surface area contributed by atoms with Crippen LogP contribution in [0.3, 0.4) is 0 Å². The lowest BCUT2D eigenvalue weighted by molar-refractivity contribution is -0.124. The van der Waals surface area contributed by atoms with E-state index in [-0.39, 0.29) is 18.4 Å². The zero-order valence-corrected chi connectivity index (χ0v) is 12.0. The van der Waals surface area contributed by atoms with Gasteiger partial charge in [-0.3, -0.25) is 9.69 Å². The third-order valence-corrected chi connectivity index (χ3v) is 4.34. The number of hydrogen-bond acceptors (Lipinski definition) is 3. The van der Waals surface area contributed by atoms with E-state index in [1.165, 1.54) is 5.56 Å². The van der Waals surface area contributed by atoms with Gasteiger partial charge in [-0.15, -0.1) is 0 Å². The molecule has 0 aliphatic carbocycles. The summed E-state index contributed by atoms with van der Waals surface area (Å²) in [6, 6.07) is 8.44. The van der Waals surface area contributed by atoms with Crippen LogP contribution < -0.4 is 5.32 Å². The third kappa shape index (κ3) is 3.10. The van der Waals surface area contributed by atoms with E-state index in [2.05, 4.69) is 34.2 Å². The van der Waals surface area contributed by atoms with Crippen molar-refractivity contribution in [1.29, 1.82) is 0 Å². The lowest BCUT2D eigenvalue weighted by Gasteiger charge is -2.35. The fourth-order valence-corrected chi connectivity index (χ4v) is 3.36. The number of aliphatic hydroxyl groups is 1. The summed E-state index contributed by atoms with van der Waals surface area (Å²) >= 11 is 0. The van der Waals surface area contributed by atoms with Gasteiger partial charge in [0, 0.05) is 24.7 Å². The zero-order chi connectivity index (χ0) is 14.7. The molecule has 0 radical (unpaired) electrons. The van der Waals surface area contributed by atoms with Crippen LogP contribution in [-0.4, -0.2) is 41.7 Å². The Labute approximate surface area is 125 Å². The maximum atomic E-state index is 11.8. The molecular weight excluding hydrogens is 264 g/mol. The predicted molar refractivity (Wildman–Crippen MR) is 80.3 cm³/mol. The summed E-state index contributed by atoms with van der Waals surface area (Å²) in [5.41, 5.74) is 2.13. The van der Waals surface area contributed by atoms with Gasteiger partial charge in [-0.1, -0.05) is 24.0 Å². The second-order valence-electron chi connectivity index (χ2n) is 5.69. The first kappa shape index (κ1) is 14.1. The van der Waals surface area contributed by atoms with Crippen LogP contribution in [0.4, 0.5) is 0 Å². The van der Waals surface area contributed by atoms with Crippen molar-refractivity contribution in [2.45, 2.75) is 25.4 Å². The van der Waals surface area contributed by atoms with Crippen LogP contribution >= 0.6 is 0 Å². The topological polar surface area (TPSA) is 52.6 Å². The largest absolute Gasteiger partial charge is 0.384 e. The van der Waals surface area contributed by atoms with Crippen molar-refractivity contribution >= 4 is 5.91 Å². The molecule has 2 unspecified atom stereocenters. The molecule has 0 saturated carbocycles. The van der Waals surface area contributed by atoms with Crippen molar-refractivity contribution in [3.05, 3.63) is 35.4 Å². The first-order chi connectivity index (χ1) is 10.3. The van der Waals surface area contributed by atoms with Crippen LogP contribution in [0.5, 0.6) is 0 Å². The molecule has 2 aliphatic rings. The number of likely N-dealkylation sites (tertiary alicyclic amines) is 1. The number of piperidine rings is 1. The Balaban J connectivity index is 1.72. The molecule has 4 heteroatoms. The number of carbonyl (C=O) groups excluding carboxylic acids is 1. The monoisotopic (exact) mass is 284 g/mol. The van der Waals surface area contributed by atoms with Crippen molar-refractivity contribution < 1.29 is 9.90 Å². The van der Waals surface area contributed by atoms with E-state index in [1.54, 1.807) is 0 Å². The Morgan fingerprint density at radius 1 is 1.43 bits per heavy atom. The fraction of sp³-hybridized carbons (Fsp3) is 0.471. The minimum Gasteiger partial charge on any atom is -0.384 e. The first-order valence-electron chi connectivity index (χ1n) is 7.48. The van der Waals surface area contributed by atoms with Gasteiger partial charge in [0.25, 0.3) is 0 Å². The first-order valence-corrected chi connectivity index (χ1v) is 7.48. The second-order valence-corrected chi connectivity index (χ2v) is 5.69. The van der Waals surface area contributed by atoms with Crippen LogP contribution in [0.1, 0.15) is 24.0 Å². The van der Waals surface area contributed by atoms with Crippen molar-refractivity contribution in [2.24, 2.45) is 5.92 Å². The van der Waals surface area contributed by atoms with Crippen molar-refractivity contribution in [3.63, 3.8) is 0 Å². The Bertz CT molecular complexity index is 588. The highest BCUT2D eigenvalue weighted by molar-refractivity contribution is 5.82. The SMILES string of the molecule is O=C1NCC2C1CCCN2Cc1cccc(C#CCO)c1. The summed E-state index contributed by atoms with van der Waals surface area (Å²) in [5, 5.41) is 11.8. The van der Waals surface area contributed by atoms with Gasteiger partial charge >= 0.3 is 0 Å². The second kappa shape index (κ2) is 6.30. The van der Waals surface area contributed by atoms with Crippen LogP contribution in [0.2, 0.25) is 0 Å². The number of rotatable bonds is 2. The predicted octanol–water partition coefficient (Wildman–Crippen LogP) is 0.741. The molecule has 21 heavy (non-hydrogen) atoms. The van der Waals surface area contributed by atoms with E-state index in [4.69, 9.17) is 5.11 Å². The highest BCUT2D eigenvalue weighted by Gasteiger charge is 2.40. The number of aliphatic hydroxyl groups excluding tert-OH is 1. The summed E-state index contributed by atoms with van der Waals surface area (Å²) in [6.07, 6.45) is 2.09. The summed E-state index contributed by atoms with van der Waals surface area (Å²) < 4.78 is 0. The molecule has 2 atom stereocenters. The van der Waals surface area contributed by atoms with Gasteiger partial charge in [0.2, 0.25) is 5.91 Å². The number of fused-ring (bicyclic) bond motifs is 1. The Morgan fingerprint density at radius 3 is 3.19 bits per heavy atom. The number of carbonyl (C=O) groups is 1. The van der Waals surface area contributed by atoms with Gasteiger partial charge in [-0.2, -0.15) is 0 Å². The molecule has 1 aromatic rings. The summed E-state index contributed by atoms with van der Waals surface area (Å²) in [6.45, 7) is 2.55. The molecule has 2 N–H and O–H groups in total. The maximum Gasteiger partial charge on any atom is 0.224 e. The zero-order valence-electron chi connectivity index (χ0n) is 12.0. The highest BCUT2D eigenvalue weighted by atomic mass is 16.2. The molecule has 0 bridgehead atoms. The molecule has 0 spiro atoms. The lowest BCUT2D eigenvalue weighted by atomic mass is 9.91. The standard InChI is InChI=1S/C17H20N2O2/c20-9-3-6-13-4-1-5-14(10-13)12-19-8-2-7-15-16(19)11-18-17(15)21/h1,4-5,10,15-16,20H,2,7-9,11-12H2,(H,18,21). The molecule has 4 nitrogen and oxygen atoms in total. The molecule has 1 aromatic carbocycles. The average molecular weight is 284 g/mol. The van der Waals surface area contributed by atoms with Crippen molar-refractivity contribution in [3.8, 4) is 11.8 Å². The van der Waals surface area contributed by atoms with Gasteiger partial charge in [-0.05, 0) is 37.1 Å². The number of hydrogen-bond donors (Lipinski definition) is 2. The average Bonchev–Trinajstić information content (AvgIpc) is 2.88. The van der Waals surface area contributed by atoms with Crippen molar-refractivity contribution in [2.75, 3.05) is 19.7 Å². The van der Waals surface area contributed by atoms with E-state index in [9.17, 15) is 4.79 Å². The molecule has 2 fully saturated rings. The minimum absolute atomic E-state index is 0.117. The van der Waals surface area contributed by atoms with Gasteiger partial charge < -0.3 is 10.4 Å². The number of nitrogens with zero attached hydrogens (tertiary/aromatic N) is 1. The van der Waals surface area contributed by atoms with Crippen LogP contribution in [-0.2, 0) is 11.3 Å². The van der Waals surface area contributed by atoms with Gasteiger partial charge in [-0.25, -0.2) is 0 Å². The third-order valence-electron chi connectivity index (χ3n) is 4.34. The van der Waals surface area contributed by atoms with E-state index in [1.807, 2.05) is 12.1 Å². The van der Waals surface area contributed by atoms with Gasteiger partial charge in [0.05, 0.1) is 5.92 Å². The Kier molecular flexibility index (Phi) is 4.23. The van der Waals surface area contributed by atoms with E-state index in [0.29, 0.717) is 6.04 Å². The molecule has 0 aromatic heterocycles. The Hall–Kier alpha value is -1.83. The van der Waals surface area contributed by atoms with Crippen molar-refractivity contribution in [1.82, 2.24) is 10.2 Å². The number of benzene rings is 1. The van der Waals surface area contributed by atoms with Crippen LogP contribution in [0.15, 0.2) is 24.3 Å². The molecule has 2 aliphatic heterocycles. The smallest absolute Gasteiger partial charge is 0.224 e. The molecule has 2 saturated heterocycles. The number of amides is 1. The number of nitrogens with one attached hydrogen (secondary N) is 1. The molecule has 3 rings (SSSR count). The lowest BCUT2D eigenvalue weighted by Crippen LogP contribution is -2.44. The molecule has 2 heterocycles. The van der Waals surface area contributed by atoms with E-state index < -0.39 is 0 Å². The van der Waals surface area contributed by atoms with E-state index >= 15 is 0 Å². The summed E-state index contributed by atoms with van der Waals surface area (Å²) in [7, 11) is 0. The Morgan fingerprint density at radius 2 is 2.33 bits per heavy atom. The van der Waals surface area contributed by atoms with Crippen LogP contribution in [0.25, 0.3) is 0 Å². The molecule has 110 valence electrons. The normalized spacial score (nSPS) is 24.9. The van der Waals surface area contributed by atoms with Crippen LogP contribution in [0, 0.1) is 17.8 Å². The summed E-state index contributed by atoms with van der Waals surface area (Å²) in [5.74, 6) is 5.99. The molecule has 1 amide bonds.